The van der Waals surface area contributed by atoms with Crippen LogP contribution in [0.3, 0.4) is 0 Å². The molecule has 0 fully saturated rings. The highest BCUT2D eigenvalue weighted by atomic mass is 16.3. The number of aliphatic hydroxyl groups is 2. The lowest BCUT2D eigenvalue weighted by molar-refractivity contribution is -0.123. The third-order valence-electron chi connectivity index (χ3n) is 8.07. The Hall–Kier alpha value is -2.69. The molecule has 0 radical (unpaired) electrons. The van der Waals surface area contributed by atoms with Crippen molar-refractivity contribution < 1.29 is 15.0 Å². The fourth-order valence-electron chi connectivity index (χ4n) is 5.10. The van der Waals surface area contributed by atoms with E-state index in [1.165, 1.54) is 51.4 Å². The fraction of sp³-hybridized carbons (Fsp3) is 0.614. The van der Waals surface area contributed by atoms with Crippen LogP contribution >= 0.6 is 0 Å². The molecule has 0 aliphatic rings. The number of amides is 1. The van der Waals surface area contributed by atoms with Crippen LogP contribution in [0.1, 0.15) is 155 Å². The second-order valence-electron chi connectivity index (χ2n) is 12.6. The lowest BCUT2D eigenvalue weighted by Crippen LogP contribution is -2.45. The van der Waals surface area contributed by atoms with Crippen LogP contribution in [0.2, 0.25) is 0 Å². The summed E-state index contributed by atoms with van der Waals surface area (Å²) >= 11 is 0. The number of unbranched alkanes of at least 4 members (excludes halogenated alkanes) is 12. The third kappa shape index (κ3) is 34.6. The molecule has 0 aliphatic heterocycles. The smallest absolute Gasteiger partial charge is 0.220 e. The first-order valence-corrected chi connectivity index (χ1v) is 19.5. The molecule has 3 N–H and O–H groups in total. The summed E-state index contributed by atoms with van der Waals surface area (Å²) < 4.78 is 0. The molecule has 0 aliphatic carbocycles. The van der Waals surface area contributed by atoms with E-state index < -0.39 is 12.1 Å². The normalized spacial score (nSPS) is 14.2. The molecule has 4 nitrogen and oxygen atoms in total. The zero-order chi connectivity index (χ0) is 35.0. The molecular weight excluding hydrogens is 590 g/mol. The van der Waals surface area contributed by atoms with Gasteiger partial charge in [-0.2, -0.15) is 0 Å². The molecule has 0 saturated carbocycles. The standard InChI is InChI=1S/C44H73NO3/c1-3-5-7-9-11-13-14-15-16-17-18-19-20-21-22-23-24-25-26-27-28-29-30-32-34-36-38-40-44(48)45-42(41-46)43(47)39-37-35-33-31-12-10-8-6-4-2/h5,7,11,13,15-16,18-19,21-22,24-25,27-28,37,39,42-43,46-47H,3-4,6,8-10,12,14,17,20,23,26,29-36,38,40-41H2,1-2H3,(H,45,48)/b7-5-,13-11-,16-15-,19-18-,22-21-,25-24-,28-27-,39-37+. The molecule has 48 heavy (non-hydrogen) atoms. The molecular formula is C44H73NO3. The number of nitrogens with one attached hydrogen (secondary N) is 1. The molecule has 4 heteroatoms. The Labute approximate surface area is 296 Å². The van der Waals surface area contributed by atoms with Crippen molar-refractivity contribution in [1.82, 2.24) is 5.32 Å². The molecule has 2 unspecified atom stereocenters. The lowest BCUT2D eigenvalue weighted by atomic mass is 10.1. The Morgan fingerprint density at radius 2 is 0.917 bits per heavy atom. The van der Waals surface area contributed by atoms with Crippen molar-refractivity contribution in [3.8, 4) is 0 Å². The molecule has 2 atom stereocenters. The summed E-state index contributed by atoms with van der Waals surface area (Å²) in [6, 6.07) is -0.637. The van der Waals surface area contributed by atoms with E-state index in [-0.39, 0.29) is 12.5 Å². The molecule has 0 bridgehead atoms. The van der Waals surface area contributed by atoms with E-state index in [9.17, 15) is 15.0 Å². The van der Waals surface area contributed by atoms with Gasteiger partial charge in [-0.3, -0.25) is 4.79 Å². The lowest BCUT2D eigenvalue weighted by Gasteiger charge is -2.20. The number of aliphatic hydroxyl groups excluding tert-OH is 2. The molecule has 0 aromatic rings. The summed E-state index contributed by atoms with van der Waals surface area (Å²) in [6.07, 6.45) is 57.8. The van der Waals surface area contributed by atoms with E-state index in [0.29, 0.717) is 6.42 Å². The summed E-state index contributed by atoms with van der Waals surface area (Å²) in [5.74, 6) is -0.0917. The van der Waals surface area contributed by atoms with Crippen LogP contribution in [-0.4, -0.2) is 34.9 Å². The van der Waals surface area contributed by atoms with E-state index in [1.54, 1.807) is 6.08 Å². The Bertz CT molecular complexity index is 937. The molecule has 1 amide bonds. The van der Waals surface area contributed by atoms with Crippen LogP contribution < -0.4 is 5.32 Å². The monoisotopic (exact) mass is 664 g/mol. The summed E-state index contributed by atoms with van der Waals surface area (Å²) in [5, 5.41) is 22.8. The van der Waals surface area contributed by atoms with Crippen LogP contribution in [0.5, 0.6) is 0 Å². The largest absolute Gasteiger partial charge is 0.394 e. The van der Waals surface area contributed by atoms with Crippen molar-refractivity contribution in [1.29, 1.82) is 0 Å². The van der Waals surface area contributed by atoms with Gasteiger partial charge in [-0.1, -0.05) is 169 Å². The van der Waals surface area contributed by atoms with Gasteiger partial charge in [-0.05, 0) is 77.0 Å². The maximum absolute atomic E-state index is 12.3. The molecule has 0 aromatic heterocycles. The number of hydrogen-bond donors (Lipinski definition) is 3. The predicted octanol–water partition coefficient (Wildman–Crippen LogP) is 11.9. The second kappa shape index (κ2) is 38.8. The quantitative estimate of drug-likeness (QED) is 0.0483. The van der Waals surface area contributed by atoms with Crippen LogP contribution in [0.15, 0.2) is 97.2 Å². The van der Waals surface area contributed by atoms with Crippen LogP contribution in [-0.2, 0) is 4.79 Å². The highest BCUT2D eigenvalue weighted by Gasteiger charge is 2.17. The highest BCUT2D eigenvalue weighted by Crippen LogP contribution is 2.10. The number of allylic oxidation sites excluding steroid dienone is 15. The highest BCUT2D eigenvalue weighted by molar-refractivity contribution is 5.76. The molecule has 0 spiro atoms. The SMILES string of the molecule is CC/C=C\C/C=C\C/C=C\C/C=C\C/C=C\C/C=C\C/C=C\CCCCCCCC(=O)NC(CO)C(O)/C=C/CCCCCCCCC. The summed E-state index contributed by atoms with van der Waals surface area (Å²) in [5.41, 5.74) is 0. The van der Waals surface area contributed by atoms with Crippen molar-refractivity contribution in [3.63, 3.8) is 0 Å². The number of carbonyl (C=O) groups is 1. The van der Waals surface area contributed by atoms with Crippen LogP contribution in [0, 0.1) is 0 Å². The van der Waals surface area contributed by atoms with Gasteiger partial charge in [0.1, 0.15) is 0 Å². The molecule has 0 rings (SSSR count). The van der Waals surface area contributed by atoms with Crippen LogP contribution in [0.25, 0.3) is 0 Å². The van der Waals surface area contributed by atoms with Gasteiger partial charge < -0.3 is 15.5 Å². The number of rotatable bonds is 33. The predicted molar refractivity (Wildman–Crippen MR) is 211 cm³/mol. The average molecular weight is 664 g/mol. The second-order valence-corrected chi connectivity index (χ2v) is 12.6. The topological polar surface area (TPSA) is 69.6 Å². The number of carbonyl (C=O) groups excluding carboxylic acids is 1. The third-order valence-corrected chi connectivity index (χ3v) is 8.07. The van der Waals surface area contributed by atoms with Crippen molar-refractivity contribution >= 4 is 5.91 Å². The maximum Gasteiger partial charge on any atom is 0.220 e. The Morgan fingerprint density at radius 1 is 0.521 bits per heavy atom. The molecule has 0 aromatic carbocycles. The van der Waals surface area contributed by atoms with Gasteiger partial charge in [-0.25, -0.2) is 0 Å². The van der Waals surface area contributed by atoms with Gasteiger partial charge in [-0.15, -0.1) is 0 Å². The van der Waals surface area contributed by atoms with Crippen molar-refractivity contribution in [2.45, 2.75) is 167 Å². The Morgan fingerprint density at radius 3 is 1.38 bits per heavy atom. The van der Waals surface area contributed by atoms with Crippen molar-refractivity contribution in [2.24, 2.45) is 0 Å². The van der Waals surface area contributed by atoms with Gasteiger partial charge in [0.25, 0.3) is 0 Å². The summed E-state index contributed by atoms with van der Waals surface area (Å²) in [6.45, 7) is 4.13. The first-order valence-electron chi connectivity index (χ1n) is 19.5. The van der Waals surface area contributed by atoms with Gasteiger partial charge in [0.15, 0.2) is 0 Å². The summed E-state index contributed by atoms with van der Waals surface area (Å²) in [7, 11) is 0. The van der Waals surface area contributed by atoms with Gasteiger partial charge in [0, 0.05) is 6.42 Å². The van der Waals surface area contributed by atoms with E-state index in [0.717, 1.165) is 83.5 Å². The van der Waals surface area contributed by atoms with E-state index >= 15 is 0 Å². The Kier molecular flexibility index (Phi) is 36.6. The van der Waals surface area contributed by atoms with Gasteiger partial charge in [0.05, 0.1) is 18.8 Å². The molecule has 0 heterocycles. The first kappa shape index (κ1) is 45.3. The minimum Gasteiger partial charge on any atom is -0.394 e. The fourth-order valence-corrected chi connectivity index (χ4v) is 5.10. The van der Waals surface area contributed by atoms with Gasteiger partial charge in [0.2, 0.25) is 5.91 Å². The van der Waals surface area contributed by atoms with E-state index in [4.69, 9.17) is 0 Å². The summed E-state index contributed by atoms with van der Waals surface area (Å²) in [4.78, 5) is 12.3. The Balaban J connectivity index is 3.71. The van der Waals surface area contributed by atoms with E-state index in [2.05, 4.69) is 104 Å². The first-order chi connectivity index (χ1) is 23.7. The maximum atomic E-state index is 12.3. The van der Waals surface area contributed by atoms with Gasteiger partial charge >= 0.3 is 0 Å². The number of hydrogen-bond acceptors (Lipinski definition) is 3. The average Bonchev–Trinajstić information content (AvgIpc) is 3.09. The minimum atomic E-state index is -0.851. The van der Waals surface area contributed by atoms with Crippen molar-refractivity contribution in [2.75, 3.05) is 6.61 Å². The molecule has 272 valence electrons. The zero-order valence-electron chi connectivity index (χ0n) is 31.0. The minimum absolute atomic E-state index is 0.0917. The van der Waals surface area contributed by atoms with Crippen molar-refractivity contribution in [3.05, 3.63) is 97.2 Å². The van der Waals surface area contributed by atoms with E-state index in [1.807, 2.05) is 6.08 Å². The molecule has 0 saturated heterocycles. The van der Waals surface area contributed by atoms with Crippen LogP contribution in [0.4, 0.5) is 0 Å². The zero-order valence-corrected chi connectivity index (χ0v) is 31.0.